The fourth-order valence-electron chi connectivity index (χ4n) is 2.15. The average molecular weight is 295 g/mol. The SMILES string of the molecule is C=CCc1ccccc1OCC(=O)NCCc1ccccc1. The largest absolute Gasteiger partial charge is 0.483 e. The summed E-state index contributed by atoms with van der Waals surface area (Å²) in [6.45, 7) is 4.37. The van der Waals surface area contributed by atoms with E-state index >= 15 is 0 Å². The summed E-state index contributed by atoms with van der Waals surface area (Å²) < 4.78 is 5.59. The Morgan fingerprint density at radius 2 is 1.82 bits per heavy atom. The molecule has 0 aromatic heterocycles. The number of ether oxygens (including phenoxy) is 1. The van der Waals surface area contributed by atoms with Gasteiger partial charge < -0.3 is 10.1 Å². The van der Waals surface area contributed by atoms with E-state index < -0.39 is 0 Å². The van der Waals surface area contributed by atoms with E-state index in [9.17, 15) is 4.79 Å². The van der Waals surface area contributed by atoms with Crippen LogP contribution in [0.3, 0.4) is 0 Å². The van der Waals surface area contributed by atoms with Gasteiger partial charge in [0.15, 0.2) is 6.61 Å². The Bertz CT molecular complexity index is 608. The summed E-state index contributed by atoms with van der Waals surface area (Å²) in [5.41, 5.74) is 2.25. The molecule has 2 rings (SSSR count). The van der Waals surface area contributed by atoms with E-state index in [-0.39, 0.29) is 12.5 Å². The Morgan fingerprint density at radius 3 is 2.59 bits per heavy atom. The number of hydrogen-bond acceptors (Lipinski definition) is 2. The second-order valence-electron chi connectivity index (χ2n) is 4.97. The Kier molecular flexibility index (Phi) is 6.24. The number of amides is 1. The van der Waals surface area contributed by atoms with Crippen molar-refractivity contribution in [1.29, 1.82) is 0 Å². The van der Waals surface area contributed by atoms with Gasteiger partial charge >= 0.3 is 0 Å². The first-order chi connectivity index (χ1) is 10.8. The number of hydrogen-bond donors (Lipinski definition) is 1. The van der Waals surface area contributed by atoms with Gasteiger partial charge in [-0.3, -0.25) is 4.79 Å². The molecule has 0 aliphatic rings. The van der Waals surface area contributed by atoms with Crippen LogP contribution in [0.5, 0.6) is 5.75 Å². The van der Waals surface area contributed by atoms with E-state index in [0.29, 0.717) is 6.54 Å². The molecule has 0 aliphatic heterocycles. The van der Waals surface area contributed by atoms with Crippen LogP contribution in [0.25, 0.3) is 0 Å². The van der Waals surface area contributed by atoms with Crippen molar-refractivity contribution in [1.82, 2.24) is 5.32 Å². The van der Waals surface area contributed by atoms with Gasteiger partial charge in [0.25, 0.3) is 5.91 Å². The van der Waals surface area contributed by atoms with Crippen molar-refractivity contribution in [3.63, 3.8) is 0 Å². The second kappa shape index (κ2) is 8.67. The smallest absolute Gasteiger partial charge is 0.257 e. The third-order valence-corrected chi connectivity index (χ3v) is 3.27. The summed E-state index contributed by atoms with van der Waals surface area (Å²) >= 11 is 0. The second-order valence-corrected chi connectivity index (χ2v) is 4.97. The summed E-state index contributed by atoms with van der Waals surface area (Å²) in [5.74, 6) is 0.630. The molecule has 114 valence electrons. The van der Waals surface area contributed by atoms with Gasteiger partial charge in [-0.1, -0.05) is 54.6 Å². The van der Waals surface area contributed by atoms with Gasteiger partial charge in [0.1, 0.15) is 5.75 Å². The van der Waals surface area contributed by atoms with Crippen molar-refractivity contribution < 1.29 is 9.53 Å². The van der Waals surface area contributed by atoms with E-state index in [1.807, 2.05) is 60.7 Å². The molecule has 1 N–H and O–H groups in total. The molecular weight excluding hydrogens is 274 g/mol. The summed E-state index contributed by atoms with van der Waals surface area (Å²) in [7, 11) is 0. The molecule has 0 saturated heterocycles. The van der Waals surface area contributed by atoms with Crippen LogP contribution in [0.15, 0.2) is 67.3 Å². The fourth-order valence-corrected chi connectivity index (χ4v) is 2.15. The first-order valence-corrected chi connectivity index (χ1v) is 7.42. The molecule has 3 heteroatoms. The van der Waals surface area contributed by atoms with E-state index in [4.69, 9.17) is 4.74 Å². The minimum absolute atomic E-state index is 0.0307. The van der Waals surface area contributed by atoms with E-state index in [1.54, 1.807) is 0 Å². The van der Waals surface area contributed by atoms with E-state index in [0.717, 1.165) is 24.2 Å². The number of carbonyl (C=O) groups excluding carboxylic acids is 1. The first kappa shape index (κ1) is 15.8. The first-order valence-electron chi connectivity index (χ1n) is 7.42. The summed E-state index contributed by atoms with van der Waals surface area (Å²) in [6, 6.07) is 17.8. The fraction of sp³-hybridized carbons (Fsp3) is 0.211. The predicted molar refractivity (Wildman–Crippen MR) is 89.0 cm³/mol. The number of benzene rings is 2. The molecule has 0 radical (unpaired) electrons. The lowest BCUT2D eigenvalue weighted by Crippen LogP contribution is -2.30. The Hall–Kier alpha value is -2.55. The van der Waals surface area contributed by atoms with Gasteiger partial charge in [-0.2, -0.15) is 0 Å². The highest BCUT2D eigenvalue weighted by molar-refractivity contribution is 5.77. The van der Waals surface area contributed by atoms with Gasteiger partial charge in [0, 0.05) is 6.54 Å². The van der Waals surface area contributed by atoms with Crippen LogP contribution in [0.4, 0.5) is 0 Å². The van der Waals surface area contributed by atoms with Gasteiger partial charge in [0.2, 0.25) is 0 Å². The highest BCUT2D eigenvalue weighted by Gasteiger charge is 2.05. The number of rotatable bonds is 8. The van der Waals surface area contributed by atoms with E-state index in [2.05, 4.69) is 11.9 Å². The molecule has 3 nitrogen and oxygen atoms in total. The van der Waals surface area contributed by atoms with Crippen LogP contribution in [-0.2, 0) is 17.6 Å². The lowest BCUT2D eigenvalue weighted by atomic mass is 10.1. The van der Waals surface area contributed by atoms with Crippen molar-refractivity contribution in [2.45, 2.75) is 12.8 Å². The molecule has 0 unspecified atom stereocenters. The Morgan fingerprint density at radius 1 is 1.09 bits per heavy atom. The number of nitrogens with one attached hydrogen (secondary N) is 1. The van der Waals surface area contributed by atoms with Crippen molar-refractivity contribution in [3.8, 4) is 5.75 Å². The van der Waals surface area contributed by atoms with Crippen LogP contribution in [-0.4, -0.2) is 19.1 Å². The van der Waals surface area contributed by atoms with Crippen molar-refractivity contribution in [2.24, 2.45) is 0 Å². The minimum atomic E-state index is -0.107. The molecular formula is C19H21NO2. The molecule has 0 atom stereocenters. The monoisotopic (exact) mass is 295 g/mol. The third kappa shape index (κ3) is 5.09. The van der Waals surface area contributed by atoms with Crippen molar-refractivity contribution >= 4 is 5.91 Å². The highest BCUT2D eigenvalue weighted by atomic mass is 16.5. The van der Waals surface area contributed by atoms with Gasteiger partial charge in [-0.25, -0.2) is 0 Å². The molecule has 2 aromatic carbocycles. The Balaban J connectivity index is 1.75. The maximum atomic E-state index is 11.8. The van der Waals surface area contributed by atoms with Crippen LogP contribution in [0.1, 0.15) is 11.1 Å². The zero-order valence-electron chi connectivity index (χ0n) is 12.6. The maximum absolute atomic E-state index is 11.8. The van der Waals surface area contributed by atoms with Crippen molar-refractivity contribution in [2.75, 3.05) is 13.2 Å². The van der Waals surface area contributed by atoms with Gasteiger partial charge in [0.05, 0.1) is 0 Å². The number of carbonyl (C=O) groups is 1. The molecule has 0 heterocycles. The quantitative estimate of drug-likeness (QED) is 0.760. The zero-order chi connectivity index (χ0) is 15.6. The van der Waals surface area contributed by atoms with Crippen LogP contribution >= 0.6 is 0 Å². The minimum Gasteiger partial charge on any atom is -0.483 e. The molecule has 0 bridgehead atoms. The molecule has 0 saturated carbocycles. The topological polar surface area (TPSA) is 38.3 Å². The normalized spacial score (nSPS) is 10.0. The van der Waals surface area contributed by atoms with Gasteiger partial charge in [-0.15, -0.1) is 6.58 Å². The molecule has 0 aliphatic carbocycles. The maximum Gasteiger partial charge on any atom is 0.257 e. The number of para-hydroxylation sites is 1. The summed E-state index contributed by atoms with van der Waals surface area (Å²) in [5, 5.41) is 2.87. The van der Waals surface area contributed by atoms with Crippen LogP contribution in [0.2, 0.25) is 0 Å². The molecule has 1 amide bonds. The molecule has 22 heavy (non-hydrogen) atoms. The van der Waals surface area contributed by atoms with Crippen molar-refractivity contribution in [3.05, 3.63) is 78.4 Å². The Labute approximate surface area is 131 Å². The molecule has 0 spiro atoms. The lowest BCUT2D eigenvalue weighted by molar-refractivity contribution is -0.123. The molecule has 0 fully saturated rings. The van der Waals surface area contributed by atoms with Gasteiger partial charge in [-0.05, 0) is 30.0 Å². The standard InChI is InChI=1S/C19H21NO2/c1-2-8-17-11-6-7-12-18(17)22-15-19(21)20-14-13-16-9-4-3-5-10-16/h2-7,9-12H,1,8,13-15H2,(H,20,21). The zero-order valence-corrected chi connectivity index (χ0v) is 12.6. The summed E-state index contributed by atoms with van der Waals surface area (Å²) in [6.07, 6.45) is 3.37. The third-order valence-electron chi connectivity index (χ3n) is 3.27. The van der Waals surface area contributed by atoms with E-state index in [1.165, 1.54) is 5.56 Å². The average Bonchev–Trinajstić information content (AvgIpc) is 2.55. The summed E-state index contributed by atoms with van der Waals surface area (Å²) in [4.78, 5) is 11.8. The highest BCUT2D eigenvalue weighted by Crippen LogP contribution is 2.18. The lowest BCUT2D eigenvalue weighted by Gasteiger charge is -2.10. The van der Waals surface area contributed by atoms with Crippen LogP contribution in [0, 0.1) is 0 Å². The number of allylic oxidation sites excluding steroid dienone is 1. The van der Waals surface area contributed by atoms with Crippen LogP contribution < -0.4 is 10.1 Å². The molecule has 2 aromatic rings. The predicted octanol–water partition coefficient (Wildman–Crippen LogP) is 3.15.